The standard InChI is InChI=1S/C12H11F3N2OS/c1-7-5-9(8(2)19-7)10(18)6-17-4-3-11(16-17)12(13,14)15/h3-5H,6H2,1-2H3. The molecular weight excluding hydrogens is 277 g/mol. The van der Waals surface area contributed by atoms with E-state index in [9.17, 15) is 18.0 Å². The molecule has 0 aliphatic carbocycles. The summed E-state index contributed by atoms with van der Waals surface area (Å²) >= 11 is 1.49. The van der Waals surface area contributed by atoms with Crippen molar-refractivity contribution in [2.45, 2.75) is 26.6 Å². The lowest BCUT2D eigenvalue weighted by atomic mass is 10.1. The van der Waals surface area contributed by atoms with Crippen molar-refractivity contribution < 1.29 is 18.0 Å². The highest BCUT2D eigenvalue weighted by Crippen LogP contribution is 2.27. The van der Waals surface area contributed by atoms with E-state index in [-0.39, 0.29) is 12.3 Å². The van der Waals surface area contributed by atoms with E-state index in [4.69, 9.17) is 0 Å². The highest BCUT2D eigenvalue weighted by atomic mass is 32.1. The lowest BCUT2D eigenvalue weighted by Gasteiger charge is -2.02. The van der Waals surface area contributed by atoms with Crippen LogP contribution in [0.2, 0.25) is 0 Å². The van der Waals surface area contributed by atoms with Gasteiger partial charge in [0.1, 0.15) is 6.54 Å². The molecule has 0 atom stereocenters. The van der Waals surface area contributed by atoms with Gasteiger partial charge in [0.15, 0.2) is 11.5 Å². The Hall–Kier alpha value is -1.63. The highest BCUT2D eigenvalue weighted by Gasteiger charge is 2.33. The van der Waals surface area contributed by atoms with Crippen LogP contribution in [-0.4, -0.2) is 15.6 Å². The van der Waals surface area contributed by atoms with E-state index in [2.05, 4.69) is 5.10 Å². The Morgan fingerprint density at radius 1 is 1.42 bits per heavy atom. The van der Waals surface area contributed by atoms with Gasteiger partial charge in [0.05, 0.1) is 0 Å². The molecule has 2 aromatic heterocycles. The minimum Gasteiger partial charge on any atom is -0.292 e. The molecule has 0 N–H and O–H groups in total. The summed E-state index contributed by atoms with van der Waals surface area (Å²) in [5, 5.41) is 3.36. The predicted molar refractivity (Wildman–Crippen MR) is 65.4 cm³/mol. The van der Waals surface area contributed by atoms with Crippen molar-refractivity contribution in [1.29, 1.82) is 0 Å². The minimum atomic E-state index is -4.48. The third-order valence-corrected chi connectivity index (χ3v) is 3.54. The molecule has 2 heterocycles. The predicted octanol–water partition coefficient (Wildman–Crippen LogP) is 3.46. The molecule has 0 aliphatic heterocycles. The number of Topliss-reactive ketones (excluding diaryl/α,β-unsaturated/α-hetero) is 1. The van der Waals surface area contributed by atoms with Crippen LogP contribution < -0.4 is 0 Å². The smallest absolute Gasteiger partial charge is 0.292 e. The molecular formula is C12H11F3N2OS. The summed E-state index contributed by atoms with van der Waals surface area (Å²) in [6.45, 7) is 3.51. The van der Waals surface area contributed by atoms with Crippen molar-refractivity contribution in [2.75, 3.05) is 0 Å². The Balaban J connectivity index is 2.16. The molecule has 3 nitrogen and oxygen atoms in total. The summed E-state index contributed by atoms with van der Waals surface area (Å²) in [6.07, 6.45) is -3.32. The molecule has 0 fully saturated rings. The Morgan fingerprint density at radius 3 is 2.58 bits per heavy atom. The molecule has 102 valence electrons. The number of aromatic nitrogens is 2. The van der Waals surface area contributed by atoms with Crippen LogP contribution in [0.4, 0.5) is 13.2 Å². The molecule has 0 unspecified atom stereocenters. The maximum absolute atomic E-state index is 12.4. The fourth-order valence-electron chi connectivity index (χ4n) is 1.74. The normalized spacial score (nSPS) is 11.8. The van der Waals surface area contributed by atoms with Crippen LogP contribution in [0.1, 0.15) is 25.8 Å². The maximum Gasteiger partial charge on any atom is 0.435 e. The van der Waals surface area contributed by atoms with Crippen LogP contribution in [-0.2, 0) is 12.7 Å². The second-order valence-electron chi connectivity index (χ2n) is 4.15. The van der Waals surface area contributed by atoms with E-state index in [1.165, 1.54) is 11.3 Å². The summed E-state index contributed by atoms with van der Waals surface area (Å²) in [7, 11) is 0. The quantitative estimate of drug-likeness (QED) is 0.811. The molecule has 0 bridgehead atoms. The number of carbonyl (C=O) groups excluding carboxylic acids is 1. The van der Waals surface area contributed by atoms with E-state index in [0.717, 1.165) is 26.7 Å². The monoisotopic (exact) mass is 288 g/mol. The van der Waals surface area contributed by atoms with Gasteiger partial charge in [-0.25, -0.2) is 0 Å². The Morgan fingerprint density at radius 2 is 2.11 bits per heavy atom. The third kappa shape index (κ3) is 3.04. The summed E-state index contributed by atoms with van der Waals surface area (Å²) in [4.78, 5) is 13.8. The van der Waals surface area contributed by atoms with E-state index in [1.54, 1.807) is 6.07 Å². The Kier molecular flexibility index (Phi) is 3.49. The zero-order chi connectivity index (χ0) is 14.2. The molecule has 7 heteroatoms. The van der Waals surface area contributed by atoms with Gasteiger partial charge in [0.25, 0.3) is 0 Å². The van der Waals surface area contributed by atoms with Gasteiger partial charge in [-0.05, 0) is 26.0 Å². The molecule has 0 saturated heterocycles. The molecule has 0 aliphatic rings. The third-order valence-electron chi connectivity index (χ3n) is 2.58. The first-order valence-corrected chi connectivity index (χ1v) is 6.30. The van der Waals surface area contributed by atoms with Gasteiger partial charge in [0, 0.05) is 21.5 Å². The first-order chi connectivity index (χ1) is 8.77. The van der Waals surface area contributed by atoms with Crippen molar-refractivity contribution in [3.8, 4) is 0 Å². The average Bonchev–Trinajstić information content (AvgIpc) is 2.84. The number of alkyl halides is 3. The molecule has 19 heavy (non-hydrogen) atoms. The van der Waals surface area contributed by atoms with Gasteiger partial charge in [-0.1, -0.05) is 0 Å². The van der Waals surface area contributed by atoms with Gasteiger partial charge in [0.2, 0.25) is 0 Å². The number of ketones is 1. The number of thiophene rings is 1. The molecule has 2 aromatic rings. The second kappa shape index (κ2) is 4.80. The van der Waals surface area contributed by atoms with Crippen LogP contribution >= 0.6 is 11.3 Å². The average molecular weight is 288 g/mol. The fraction of sp³-hybridized carbons (Fsp3) is 0.333. The summed E-state index contributed by atoms with van der Waals surface area (Å²) < 4.78 is 38.1. The molecule has 0 saturated carbocycles. The lowest BCUT2D eigenvalue weighted by molar-refractivity contribution is -0.141. The maximum atomic E-state index is 12.4. The Bertz CT molecular complexity index is 613. The van der Waals surface area contributed by atoms with Crippen molar-refractivity contribution in [1.82, 2.24) is 9.78 Å². The SMILES string of the molecule is Cc1cc(C(=O)Cn2ccc(C(F)(F)F)n2)c(C)s1. The zero-order valence-corrected chi connectivity index (χ0v) is 11.1. The van der Waals surface area contributed by atoms with Crippen LogP contribution in [0.15, 0.2) is 18.3 Å². The topological polar surface area (TPSA) is 34.9 Å². The number of hydrogen-bond donors (Lipinski definition) is 0. The first kappa shape index (κ1) is 13.8. The van der Waals surface area contributed by atoms with Gasteiger partial charge >= 0.3 is 6.18 Å². The molecule has 0 radical (unpaired) electrons. The highest BCUT2D eigenvalue weighted by molar-refractivity contribution is 7.12. The number of carbonyl (C=O) groups is 1. The number of aryl methyl sites for hydroxylation is 2. The van der Waals surface area contributed by atoms with Crippen LogP contribution in [0.5, 0.6) is 0 Å². The van der Waals surface area contributed by atoms with Crippen molar-refractivity contribution in [2.24, 2.45) is 0 Å². The second-order valence-corrected chi connectivity index (χ2v) is 5.61. The number of halogens is 3. The lowest BCUT2D eigenvalue weighted by Crippen LogP contribution is -2.13. The first-order valence-electron chi connectivity index (χ1n) is 5.48. The van der Waals surface area contributed by atoms with Gasteiger partial charge in [-0.3, -0.25) is 9.48 Å². The number of hydrogen-bond acceptors (Lipinski definition) is 3. The molecule has 0 aromatic carbocycles. The fourth-order valence-corrected chi connectivity index (χ4v) is 2.68. The minimum absolute atomic E-state index is 0.187. The molecule has 0 spiro atoms. The van der Waals surface area contributed by atoms with E-state index < -0.39 is 11.9 Å². The van der Waals surface area contributed by atoms with Gasteiger partial charge < -0.3 is 0 Å². The van der Waals surface area contributed by atoms with Crippen LogP contribution in [0.3, 0.4) is 0 Å². The van der Waals surface area contributed by atoms with E-state index in [1.807, 2.05) is 13.8 Å². The van der Waals surface area contributed by atoms with Gasteiger partial charge in [-0.2, -0.15) is 18.3 Å². The largest absolute Gasteiger partial charge is 0.435 e. The Labute approximate surface area is 111 Å². The van der Waals surface area contributed by atoms with E-state index in [0.29, 0.717) is 5.56 Å². The van der Waals surface area contributed by atoms with Crippen molar-refractivity contribution in [3.05, 3.63) is 39.3 Å². The van der Waals surface area contributed by atoms with E-state index >= 15 is 0 Å². The van der Waals surface area contributed by atoms with Gasteiger partial charge in [-0.15, -0.1) is 11.3 Å². The molecule has 2 rings (SSSR count). The van der Waals surface area contributed by atoms with Crippen LogP contribution in [0.25, 0.3) is 0 Å². The van der Waals surface area contributed by atoms with Crippen molar-refractivity contribution in [3.63, 3.8) is 0 Å². The number of nitrogens with zero attached hydrogens (tertiary/aromatic N) is 2. The number of rotatable bonds is 3. The summed E-state index contributed by atoms with van der Waals surface area (Å²) in [5.41, 5.74) is -0.440. The van der Waals surface area contributed by atoms with Crippen LogP contribution in [0, 0.1) is 13.8 Å². The zero-order valence-electron chi connectivity index (χ0n) is 10.3. The summed E-state index contributed by atoms with van der Waals surface area (Å²) in [5.74, 6) is -0.237. The molecule has 0 amide bonds. The van der Waals surface area contributed by atoms with Crippen molar-refractivity contribution >= 4 is 17.1 Å². The summed E-state index contributed by atoms with van der Waals surface area (Å²) in [6, 6.07) is 2.61.